The molecule has 0 spiro atoms. The van der Waals surface area contributed by atoms with Crippen LogP contribution in [0.3, 0.4) is 0 Å². The van der Waals surface area contributed by atoms with Gasteiger partial charge >= 0.3 is 0 Å². The van der Waals surface area contributed by atoms with Crippen LogP contribution in [0.15, 0.2) is 0 Å². The molecule has 0 aromatic carbocycles. The van der Waals surface area contributed by atoms with E-state index >= 15 is 0 Å². The van der Waals surface area contributed by atoms with Crippen molar-refractivity contribution >= 4 is 12.6 Å². The molecule has 2 rings (SSSR count). The molecule has 0 aromatic rings. The molecule has 64 valence electrons. The van der Waals surface area contributed by atoms with E-state index in [-0.39, 0.29) is 0 Å². The highest BCUT2D eigenvalue weighted by Crippen LogP contribution is 2.61. The normalized spacial score (nSPS) is 40.6. The summed E-state index contributed by atoms with van der Waals surface area (Å²) in [7, 11) is 0. The zero-order valence-electron chi connectivity index (χ0n) is 7.38. The van der Waals surface area contributed by atoms with Gasteiger partial charge in [0.15, 0.2) is 0 Å². The average Bonchev–Trinajstić information content (AvgIpc) is 2.37. The van der Waals surface area contributed by atoms with Crippen LogP contribution < -0.4 is 0 Å². The molecule has 1 aliphatic carbocycles. The van der Waals surface area contributed by atoms with Crippen LogP contribution in [0.2, 0.25) is 0 Å². The fourth-order valence-electron chi connectivity index (χ4n) is 2.54. The van der Waals surface area contributed by atoms with E-state index in [0.717, 1.165) is 17.6 Å². The summed E-state index contributed by atoms with van der Waals surface area (Å²) in [5.41, 5.74) is 0.674. The first-order chi connectivity index (χ1) is 5.16. The highest BCUT2D eigenvalue weighted by molar-refractivity contribution is 7.80. The Morgan fingerprint density at radius 1 is 1.36 bits per heavy atom. The molecule has 2 unspecified atom stereocenters. The molecule has 2 atom stereocenters. The first-order valence-corrected chi connectivity index (χ1v) is 5.12. The van der Waals surface area contributed by atoms with E-state index in [1.807, 2.05) is 0 Å². The molecule has 0 N–H and O–H groups in total. The topological polar surface area (TPSA) is 3.24 Å². The number of nitrogens with zero attached hydrogens (tertiary/aromatic N) is 1. The molecular formula is C9H17NS. The van der Waals surface area contributed by atoms with Crippen molar-refractivity contribution in [2.24, 2.45) is 17.3 Å². The van der Waals surface area contributed by atoms with E-state index in [0.29, 0.717) is 5.41 Å². The molecule has 2 aliphatic rings. The van der Waals surface area contributed by atoms with E-state index in [1.165, 1.54) is 19.6 Å². The predicted molar refractivity (Wildman–Crippen MR) is 51.1 cm³/mol. The summed E-state index contributed by atoms with van der Waals surface area (Å²) in [6, 6.07) is 0. The Labute approximate surface area is 74.6 Å². The van der Waals surface area contributed by atoms with Crippen molar-refractivity contribution in [1.82, 2.24) is 4.90 Å². The molecular weight excluding hydrogens is 154 g/mol. The van der Waals surface area contributed by atoms with Crippen LogP contribution in [-0.4, -0.2) is 30.3 Å². The monoisotopic (exact) mass is 171 g/mol. The van der Waals surface area contributed by atoms with Gasteiger partial charge in [-0.2, -0.15) is 12.6 Å². The first-order valence-electron chi connectivity index (χ1n) is 4.49. The van der Waals surface area contributed by atoms with Gasteiger partial charge in [-0.25, -0.2) is 0 Å². The van der Waals surface area contributed by atoms with Gasteiger partial charge in [-0.1, -0.05) is 13.8 Å². The van der Waals surface area contributed by atoms with Crippen molar-refractivity contribution in [3.8, 4) is 0 Å². The smallest absolute Gasteiger partial charge is 0.00701 e. The molecule has 1 saturated carbocycles. The Morgan fingerprint density at radius 3 is 2.36 bits per heavy atom. The maximum atomic E-state index is 4.24. The van der Waals surface area contributed by atoms with Gasteiger partial charge < -0.3 is 4.90 Å². The molecule has 1 heterocycles. The lowest BCUT2D eigenvalue weighted by atomic mass is 10.1. The molecule has 1 nitrogen and oxygen atoms in total. The fraction of sp³-hybridized carbons (Fsp3) is 1.00. The van der Waals surface area contributed by atoms with E-state index in [9.17, 15) is 0 Å². The average molecular weight is 171 g/mol. The van der Waals surface area contributed by atoms with Gasteiger partial charge in [-0.05, 0) is 17.3 Å². The van der Waals surface area contributed by atoms with Gasteiger partial charge in [0.25, 0.3) is 0 Å². The van der Waals surface area contributed by atoms with Crippen LogP contribution in [0.5, 0.6) is 0 Å². The lowest BCUT2D eigenvalue weighted by Gasteiger charge is -2.20. The number of fused-ring (bicyclic) bond motifs is 1. The Morgan fingerprint density at radius 2 is 1.91 bits per heavy atom. The maximum Gasteiger partial charge on any atom is 0.00701 e. The summed E-state index contributed by atoms with van der Waals surface area (Å²) in [6.45, 7) is 8.66. The predicted octanol–water partition coefficient (Wildman–Crippen LogP) is 1.50. The second-order valence-electron chi connectivity index (χ2n) is 4.52. The molecule has 0 radical (unpaired) electrons. The van der Waals surface area contributed by atoms with Gasteiger partial charge in [-0.15, -0.1) is 0 Å². The molecule has 1 aliphatic heterocycles. The first kappa shape index (κ1) is 7.93. The van der Waals surface area contributed by atoms with Gasteiger partial charge in [0.05, 0.1) is 0 Å². The van der Waals surface area contributed by atoms with Crippen LogP contribution in [0.4, 0.5) is 0 Å². The van der Waals surface area contributed by atoms with Gasteiger partial charge in [0.1, 0.15) is 0 Å². The van der Waals surface area contributed by atoms with Crippen molar-refractivity contribution in [3.05, 3.63) is 0 Å². The van der Waals surface area contributed by atoms with Crippen molar-refractivity contribution in [2.45, 2.75) is 13.8 Å². The van der Waals surface area contributed by atoms with Crippen molar-refractivity contribution in [3.63, 3.8) is 0 Å². The van der Waals surface area contributed by atoms with Crippen LogP contribution in [0, 0.1) is 17.3 Å². The Hall–Kier alpha value is 0.310. The largest absolute Gasteiger partial charge is 0.302 e. The third-order valence-electron chi connectivity index (χ3n) is 3.61. The van der Waals surface area contributed by atoms with Crippen LogP contribution in [-0.2, 0) is 0 Å². The number of hydrogen-bond acceptors (Lipinski definition) is 2. The lowest BCUT2D eigenvalue weighted by molar-refractivity contribution is 0.272. The van der Waals surface area contributed by atoms with E-state index in [4.69, 9.17) is 0 Å². The molecule has 0 bridgehead atoms. The van der Waals surface area contributed by atoms with Crippen LogP contribution in [0.25, 0.3) is 0 Å². The lowest BCUT2D eigenvalue weighted by Crippen LogP contribution is -2.28. The number of rotatable bonds is 2. The Bertz CT molecular complexity index is 153. The minimum absolute atomic E-state index is 0.674. The fourth-order valence-corrected chi connectivity index (χ4v) is 2.82. The van der Waals surface area contributed by atoms with Crippen molar-refractivity contribution in [1.29, 1.82) is 0 Å². The molecule has 0 amide bonds. The molecule has 2 fully saturated rings. The summed E-state index contributed by atoms with van der Waals surface area (Å²) in [5.74, 6) is 3.02. The molecule has 11 heavy (non-hydrogen) atoms. The number of piperidine rings is 1. The molecule has 0 aromatic heterocycles. The van der Waals surface area contributed by atoms with E-state index < -0.39 is 0 Å². The maximum absolute atomic E-state index is 4.24. The number of thiol groups is 1. The van der Waals surface area contributed by atoms with E-state index in [1.54, 1.807) is 0 Å². The van der Waals surface area contributed by atoms with Gasteiger partial charge in [0.2, 0.25) is 0 Å². The third kappa shape index (κ3) is 1.11. The molecule has 2 heteroatoms. The highest BCUT2D eigenvalue weighted by Gasteiger charge is 2.61. The Balaban J connectivity index is 1.85. The summed E-state index contributed by atoms with van der Waals surface area (Å²) in [5, 5.41) is 0. The highest BCUT2D eigenvalue weighted by atomic mass is 32.1. The summed E-state index contributed by atoms with van der Waals surface area (Å²) in [4.78, 5) is 2.55. The zero-order valence-corrected chi connectivity index (χ0v) is 8.27. The summed E-state index contributed by atoms with van der Waals surface area (Å²) < 4.78 is 0. The summed E-state index contributed by atoms with van der Waals surface area (Å²) >= 11 is 4.24. The van der Waals surface area contributed by atoms with Gasteiger partial charge in [0, 0.05) is 25.4 Å². The molecule has 1 saturated heterocycles. The Kier molecular flexibility index (Phi) is 1.73. The standard InChI is InChI=1S/C9H17NS/c1-9(2)7-5-10(3-4-11)6-8(7)9/h7-8,11H,3-6H2,1-2H3. The second kappa shape index (κ2) is 2.40. The SMILES string of the molecule is CC1(C)C2CN(CCS)CC21. The third-order valence-corrected chi connectivity index (χ3v) is 3.81. The number of hydrogen-bond donors (Lipinski definition) is 1. The van der Waals surface area contributed by atoms with Crippen molar-refractivity contribution in [2.75, 3.05) is 25.4 Å². The second-order valence-corrected chi connectivity index (χ2v) is 4.96. The minimum atomic E-state index is 0.674. The number of likely N-dealkylation sites (tertiary alicyclic amines) is 1. The van der Waals surface area contributed by atoms with Gasteiger partial charge in [-0.3, -0.25) is 0 Å². The minimum Gasteiger partial charge on any atom is -0.302 e. The zero-order chi connectivity index (χ0) is 8.06. The quantitative estimate of drug-likeness (QED) is 0.616. The van der Waals surface area contributed by atoms with Crippen molar-refractivity contribution < 1.29 is 0 Å². The van der Waals surface area contributed by atoms with Crippen LogP contribution >= 0.6 is 12.6 Å². The summed E-state index contributed by atoms with van der Waals surface area (Å²) in [6.07, 6.45) is 0. The van der Waals surface area contributed by atoms with Crippen LogP contribution in [0.1, 0.15) is 13.8 Å². The van der Waals surface area contributed by atoms with E-state index in [2.05, 4.69) is 31.4 Å².